The Hall–Kier alpha value is -8.88. The van der Waals surface area contributed by atoms with E-state index >= 15 is 0 Å². The summed E-state index contributed by atoms with van der Waals surface area (Å²) < 4.78 is 0. The van der Waals surface area contributed by atoms with E-state index in [2.05, 4.69) is 322 Å². The second-order valence-electron chi connectivity index (χ2n) is 39.6. The summed E-state index contributed by atoms with van der Waals surface area (Å²) in [4.78, 5) is 44.2. The van der Waals surface area contributed by atoms with Crippen LogP contribution in [0.1, 0.15) is 252 Å². The summed E-state index contributed by atoms with van der Waals surface area (Å²) >= 11 is 0. The Balaban J connectivity index is 1.12. The number of rotatable bonds is 4. The van der Waals surface area contributed by atoms with Gasteiger partial charge in [-0.05, 0) is 189 Å². The van der Waals surface area contributed by atoms with Gasteiger partial charge in [0.1, 0.15) is 22.8 Å². The predicted molar refractivity (Wildman–Crippen MR) is 434 cm³/mol. The molecule has 7 heterocycles. The third kappa shape index (κ3) is 11.8. The van der Waals surface area contributed by atoms with Crippen LogP contribution in [0, 0.1) is 23.7 Å². The van der Waals surface area contributed by atoms with E-state index in [1.165, 1.54) is 50.9 Å². The highest BCUT2D eigenvalue weighted by Gasteiger charge is 2.56. The quantitative estimate of drug-likeness (QED) is 0.134. The lowest BCUT2D eigenvalue weighted by molar-refractivity contribution is 0.220. The molecule has 2 aliphatic heterocycles. The number of allylic oxidation sites excluding steroid dienone is 4. The molecule has 526 valence electrons. The third-order valence-electron chi connectivity index (χ3n) is 23.6. The van der Waals surface area contributed by atoms with E-state index in [1.54, 1.807) is 0 Å². The molecule has 103 heavy (non-hydrogen) atoms. The van der Waals surface area contributed by atoms with Crippen LogP contribution in [-0.4, -0.2) is 39.9 Å². The summed E-state index contributed by atoms with van der Waals surface area (Å²) in [5.41, 5.74) is 30.7. The van der Waals surface area contributed by atoms with Crippen molar-refractivity contribution in [2.24, 2.45) is 23.7 Å². The first-order valence-electron chi connectivity index (χ1n) is 38.1. The van der Waals surface area contributed by atoms with Crippen molar-refractivity contribution < 1.29 is 0 Å². The summed E-state index contributed by atoms with van der Waals surface area (Å²) in [7, 11) is 0. The van der Waals surface area contributed by atoms with Gasteiger partial charge in [-0.2, -0.15) is 0 Å². The van der Waals surface area contributed by atoms with Gasteiger partial charge in [-0.1, -0.05) is 263 Å². The number of aromatic nitrogens is 8. The standard InChI is InChI=1S/C95H106N8/c1-88(2,3)56-36-52(37-57(44-56)89(4,5)6)78-66-29-30-67(96-66)79(53-38-58(90(7,8)9)45-59(39-53)91(10,11)12)69-32-34-71(98-69)81(55-42-62(94(19,20)21)47-63(43-55)95(22,23)24)85-87-86(84(103-85)80(70-33-31-68(78)97-70)54-40-60(92(13,14)15)46-61(41-54)93(16,17)18)101-74-48-72-73(49-75(74)102-87)100-83-65-28-27-64(82(83)99-72)76-50-25-26-51(35-50)77(65)76/h25-34,36-51,64-65,76-77,97-98H,35H2,1-24H3. The van der Waals surface area contributed by atoms with Crippen molar-refractivity contribution in [1.29, 1.82) is 0 Å². The molecule has 8 nitrogen and oxygen atoms in total. The van der Waals surface area contributed by atoms with Gasteiger partial charge in [0, 0.05) is 56.2 Å². The zero-order valence-electron chi connectivity index (χ0n) is 65.7. The van der Waals surface area contributed by atoms with E-state index < -0.39 is 0 Å². The fourth-order valence-corrected chi connectivity index (χ4v) is 17.3. The van der Waals surface area contributed by atoms with E-state index in [0.717, 1.165) is 123 Å². The first-order valence-corrected chi connectivity index (χ1v) is 38.1. The summed E-state index contributed by atoms with van der Waals surface area (Å²) in [6.45, 7) is 55.9. The molecule has 5 aromatic heterocycles. The Kier molecular flexibility index (Phi) is 15.2. The molecule has 6 unspecified atom stereocenters. The lowest BCUT2D eigenvalue weighted by Crippen LogP contribution is -2.38. The van der Waals surface area contributed by atoms with Crippen LogP contribution >= 0.6 is 0 Å². The van der Waals surface area contributed by atoms with Gasteiger partial charge < -0.3 is 9.97 Å². The zero-order chi connectivity index (χ0) is 73.3. The maximum Gasteiger partial charge on any atom is 0.118 e. The van der Waals surface area contributed by atoms with Crippen molar-refractivity contribution in [1.82, 2.24) is 39.9 Å². The van der Waals surface area contributed by atoms with Crippen LogP contribution in [0.3, 0.4) is 0 Å². The van der Waals surface area contributed by atoms with Crippen LogP contribution in [0.25, 0.3) is 124 Å². The lowest BCUT2D eigenvalue weighted by Gasteiger charge is -2.45. The maximum absolute atomic E-state index is 6.32. The second kappa shape index (κ2) is 22.8. The normalized spacial score (nSPS) is 19.5. The molecule has 0 saturated heterocycles. The fourth-order valence-electron chi connectivity index (χ4n) is 17.3. The minimum Gasteiger partial charge on any atom is -0.354 e. The zero-order valence-corrected chi connectivity index (χ0v) is 65.7. The average Bonchev–Trinajstić information content (AvgIpc) is 1.60. The molecule has 1 saturated carbocycles. The highest BCUT2D eigenvalue weighted by molar-refractivity contribution is 6.06. The molecular formula is C95H106N8. The lowest BCUT2D eigenvalue weighted by atomic mass is 9.59. The van der Waals surface area contributed by atoms with Gasteiger partial charge in [-0.25, -0.2) is 29.9 Å². The number of fused-ring (bicyclic) bond motifs is 15. The van der Waals surface area contributed by atoms with E-state index in [1.807, 2.05) is 0 Å². The van der Waals surface area contributed by atoms with Crippen LogP contribution < -0.4 is 0 Å². The molecule has 1 fully saturated rings. The smallest absolute Gasteiger partial charge is 0.118 e. The van der Waals surface area contributed by atoms with Crippen molar-refractivity contribution in [3.63, 3.8) is 0 Å². The Bertz CT molecular complexity index is 5080. The van der Waals surface area contributed by atoms with E-state index in [9.17, 15) is 0 Å². The van der Waals surface area contributed by atoms with Gasteiger partial charge in [-0.3, -0.25) is 0 Å². The number of H-pyrrole nitrogens is 2. The number of nitrogens with one attached hydrogen (secondary N) is 2. The van der Waals surface area contributed by atoms with Crippen molar-refractivity contribution in [3.05, 3.63) is 201 Å². The molecule has 12 bridgehead atoms. The Labute approximate surface area is 612 Å². The Morgan fingerprint density at radius 3 is 0.816 bits per heavy atom. The van der Waals surface area contributed by atoms with E-state index in [0.29, 0.717) is 35.1 Å². The van der Waals surface area contributed by atoms with Crippen LogP contribution in [0.4, 0.5) is 0 Å². The molecule has 8 heteroatoms. The number of hydrogen-bond donors (Lipinski definition) is 2. The Morgan fingerprint density at radius 1 is 0.272 bits per heavy atom. The fraction of sp³-hybridized carbons (Fsp3) is 0.411. The van der Waals surface area contributed by atoms with Crippen LogP contribution in [-0.2, 0) is 43.3 Å². The summed E-state index contributed by atoms with van der Waals surface area (Å²) in [5.74, 6) is 2.80. The molecule has 5 aliphatic carbocycles. The molecule has 0 radical (unpaired) electrons. The van der Waals surface area contributed by atoms with Crippen molar-refractivity contribution >= 4 is 56.3 Å². The molecule has 5 aromatic carbocycles. The first-order chi connectivity index (χ1) is 48.0. The Morgan fingerprint density at radius 2 is 0.534 bits per heavy atom. The van der Waals surface area contributed by atoms with E-state index in [4.69, 9.17) is 29.9 Å². The van der Waals surface area contributed by atoms with E-state index in [-0.39, 0.29) is 55.2 Å². The minimum atomic E-state index is -0.206. The number of benzene rings is 5. The number of nitrogens with zero attached hydrogens (tertiary/aromatic N) is 6. The van der Waals surface area contributed by atoms with Crippen LogP contribution in [0.5, 0.6) is 0 Å². The molecular weight excluding hydrogens is 1250 g/mol. The van der Waals surface area contributed by atoms with Gasteiger partial charge in [0.2, 0.25) is 0 Å². The molecule has 6 atom stereocenters. The maximum atomic E-state index is 6.32. The number of aromatic amines is 2. The van der Waals surface area contributed by atoms with Gasteiger partial charge in [0.25, 0.3) is 0 Å². The van der Waals surface area contributed by atoms with Gasteiger partial charge in [-0.15, -0.1) is 0 Å². The minimum absolute atomic E-state index is 0.156. The summed E-state index contributed by atoms with van der Waals surface area (Å²) in [5, 5.41) is 0. The average molecular weight is 1360 g/mol. The van der Waals surface area contributed by atoms with Crippen molar-refractivity contribution in [2.45, 2.75) is 228 Å². The van der Waals surface area contributed by atoms with Crippen LogP contribution in [0.15, 0.2) is 133 Å². The predicted octanol–water partition coefficient (Wildman–Crippen LogP) is 24.9. The van der Waals surface area contributed by atoms with Gasteiger partial charge in [0.15, 0.2) is 0 Å². The second-order valence-corrected chi connectivity index (χ2v) is 39.6. The summed E-state index contributed by atoms with van der Waals surface area (Å²) in [6.07, 6.45) is 15.7. The number of hydrogen-bond acceptors (Lipinski definition) is 6. The summed E-state index contributed by atoms with van der Waals surface area (Å²) in [6, 6.07) is 42.6. The van der Waals surface area contributed by atoms with Crippen molar-refractivity contribution in [2.75, 3.05) is 0 Å². The van der Waals surface area contributed by atoms with Gasteiger partial charge >= 0.3 is 0 Å². The SMILES string of the molecule is CC(C)(C)c1cc(-c2c3nc(c(-c4cc(C(C)(C)C)cc(C(C)(C)C)c4)c4ccc([nH]4)c(-c4cc(C(C)(C)C)cc(C(C)(C)C)c4)c4nc(c(-c5cc(C(C)(C)C)cc(C(C)(C)C)c5)c5ccc2[nH]5)-c2nc5cc6nc7c(nc6cc5nc2-4)C2C=CC7C4C5C=CC(C5)C24)C=C3)cc(C(C)(C)C)c1. The molecule has 7 aliphatic rings. The largest absolute Gasteiger partial charge is 0.354 e. The van der Waals surface area contributed by atoms with Crippen molar-refractivity contribution in [3.8, 4) is 67.3 Å². The molecule has 0 amide bonds. The molecule has 10 aromatic rings. The van der Waals surface area contributed by atoms with Crippen LogP contribution in [0.2, 0.25) is 0 Å². The first kappa shape index (κ1) is 68.5. The topological polar surface area (TPSA) is 109 Å². The highest BCUT2D eigenvalue weighted by Crippen LogP contribution is 2.64. The molecule has 0 spiro atoms. The highest BCUT2D eigenvalue weighted by atomic mass is 15.0. The molecule has 2 N–H and O–H groups in total. The third-order valence-corrected chi connectivity index (χ3v) is 23.6. The molecule has 17 rings (SSSR count). The monoisotopic (exact) mass is 1360 g/mol. The van der Waals surface area contributed by atoms with Gasteiger partial charge in [0.05, 0.1) is 44.8 Å².